The number of anilines is 1. The van der Waals surface area contributed by atoms with Gasteiger partial charge >= 0.3 is 5.69 Å². The number of aromatic nitrogens is 1. The van der Waals surface area contributed by atoms with Crippen LogP contribution >= 0.6 is 15.9 Å². The number of pyridine rings is 1. The summed E-state index contributed by atoms with van der Waals surface area (Å²) < 4.78 is 0.524. The van der Waals surface area contributed by atoms with Gasteiger partial charge in [0.2, 0.25) is 0 Å². The maximum Gasteiger partial charge on any atom is 0.311 e. The maximum atomic E-state index is 10.9. The Hall–Kier alpha value is -1.21. The second-order valence-corrected chi connectivity index (χ2v) is 5.13. The highest BCUT2D eigenvalue weighted by Crippen LogP contribution is 2.37. The largest absolute Gasteiger partial charge is 0.394 e. The molecule has 7 heteroatoms. The van der Waals surface area contributed by atoms with Crippen molar-refractivity contribution in [2.24, 2.45) is 0 Å². The molecule has 1 N–H and O–H groups in total. The minimum absolute atomic E-state index is 0.0941. The Morgan fingerprint density at radius 1 is 1.59 bits per heavy atom. The zero-order valence-electron chi connectivity index (χ0n) is 9.85. The lowest BCUT2D eigenvalue weighted by Crippen LogP contribution is -2.44. The van der Waals surface area contributed by atoms with Crippen molar-refractivity contribution in [3.05, 3.63) is 27.0 Å². The van der Waals surface area contributed by atoms with Gasteiger partial charge in [-0.3, -0.25) is 15.1 Å². The molecule has 6 nitrogen and oxygen atoms in total. The molecule has 0 saturated carbocycles. The minimum Gasteiger partial charge on any atom is -0.394 e. The Labute approximate surface area is 108 Å². The third-order valence-corrected chi connectivity index (χ3v) is 3.26. The number of hydrogen-bond acceptors (Lipinski definition) is 5. The van der Waals surface area contributed by atoms with Crippen LogP contribution in [0.4, 0.5) is 11.4 Å². The van der Waals surface area contributed by atoms with Crippen LogP contribution in [0, 0.1) is 10.1 Å². The van der Waals surface area contributed by atoms with E-state index >= 15 is 0 Å². The fraction of sp³-hybridized carbons (Fsp3) is 0.500. The summed E-state index contributed by atoms with van der Waals surface area (Å²) >= 11 is 3.25. The van der Waals surface area contributed by atoms with E-state index < -0.39 is 10.5 Å². The van der Waals surface area contributed by atoms with Gasteiger partial charge < -0.3 is 10.0 Å². The van der Waals surface area contributed by atoms with Crippen molar-refractivity contribution in [2.75, 3.05) is 18.6 Å². The third-order valence-electron chi connectivity index (χ3n) is 2.68. The molecule has 0 aliphatic rings. The van der Waals surface area contributed by atoms with Crippen molar-refractivity contribution in [1.82, 2.24) is 4.98 Å². The van der Waals surface area contributed by atoms with Crippen LogP contribution in [0.3, 0.4) is 0 Å². The molecule has 17 heavy (non-hydrogen) atoms. The quantitative estimate of drug-likeness (QED) is 0.679. The monoisotopic (exact) mass is 303 g/mol. The summed E-state index contributed by atoms with van der Waals surface area (Å²) in [5.41, 5.74) is -0.290. The van der Waals surface area contributed by atoms with Crippen molar-refractivity contribution in [1.29, 1.82) is 0 Å². The molecule has 1 rings (SSSR count). The number of halogens is 1. The van der Waals surface area contributed by atoms with E-state index in [2.05, 4.69) is 20.9 Å². The van der Waals surface area contributed by atoms with Crippen LogP contribution in [-0.2, 0) is 0 Å². The summed E-state index contributed by atoms with van der Waals surface area (Å²) in [6.45, 7) is 3.47. The summed E-state index contributed by atoms with van der Waals surface area (Å²) in [7, 11) is 1.70. The molecule has 0 amide bonds. The third kappa shape index (κ3) is 2.73. The zero-order valence-corrected chi connectivity index (χ0v) is 11.4. The molecule has 0 unspecified atom stereocenters. The molecule has 1 heterocycles. The Bertz CT molecular complexity index is 437. The number of nitro groups is 1. The molecule has 0 aliphatic heterocycles. The number of hydrogen-bond donors (Lipinski definition) is 1. The molecule has 0 spiro atoms. The average Bonchev–Trinajstić information content (AvgIpc) is 2.27. The van der Waals surface area contributed by atoms with Crippen molar-refractivity contribution < 1.29 is 10.0 Å². The van der Waals surface area contributed by atoms with Crippen LogP contribution in [0.2, 0.25) is 0 Å². The fourth-order valence-corrected chi connectivity index (χ4v) is 1.88. The molecule has 0 aliphatic carbocycles. The lowest BCUT2D eigenvalue weighted by atomic mass is 10.0. The van der Waals surface area contributed by atoms with Gasteiger partial charge in [0.05, 0.1) is 21.5 Å². The van der Waals surface area contributed by atoms with E-state index in [1.807, 2.05) is 0 Å². The van der Waals surface area contributed by atoms with Gasteiger partial charge in [-0.15, -0.1) is 0 Å². The van der Waals surface area contributed by atoms with Gasteiger partial charge in [0.1, 0.15) is 11.9 Å². The van der Waals surface area contributed by atoms with E-state index in [0.717, 1.165) is 0 Å². The van der Waals surface area contributed by atoms with E-state index in [0.29, 0.717) is 10.2 Å². The van der Waals surface area contributed by atoms with E-state index in [1.54, 1.807) is 25.8 Å². The van der Waals surface area contributed by atoms with E-state index in [4.69, 9.17) is 0 Å². The summed E-state index contributed by atoms with van der Waals surface area (Å²) in [6, 6.07) is 0. The molecule has 1 aromatic rings. The van der Waals surface area contributed by atoms with Crippen LogP contribution in [-0.4, -0.2) is 34.2 Å². The summed E-state index contributed by atoms with van der Waals surface area (Å²) in [5, 5.41) is 20.3. The zero-order chi connectivity index (χ0) is 13.2. The predicted octanol–water partition coefficient (Wildman–Crippen LogP) is 1.96. The molecule has 94 valence electrons. The summed E-state index contributed by atoms with van der Waals surface area (Å²) in [6.07, 6.45) is 2.69. The van der Waals surface area contributed by atoms with E-state index in [1.165, 1.54) is 12.4 Å². The second-order valence-electron chi connectivity index (χ2n) is 4.28. The predicted molar refractivity (Wildman–Crippen MR) is 68.2 cm³/mol. The van der Waals surface area contributed by atoms with Gasteiger partial charge in [-0.2, -0.15) is 0 Å². The van der Waals surface area contributed by atoms with Gasteiger partial charge in [-0.05, 0) is 29.8 Å². The highest BCUT2D eigenvalue weighted by Gasteiger charge is 2.30. The highest BCUT2D eigenvalue weighted by molar-refractivity contribution is 9.10. The van der Waals surface area contributed by atoms with Crippen molar-refractivity contribution in [3.63, 3.8) is 0 Å². The molecule has 1 aromatic heterocycles. The normalized spacial score (nSPS) is 11.4. The summed E-state index contributed by atoms with van der Waals surface area (Å²) in [5.74, 6) is 0. The van der Waals surface area contributed by atoms with Crippen LogP contribution in [0.25, 0.3) is 0 Å². The van der Waals surface area contributed by atoms with Gasteiger partial charge in [-0.1, -0.05) is 0 Å². The first-order valence-corrected chi connectivity index (χ1v) is 5.73. The Kier molecular flexibility index (Phi) is 4.05. The molecule has 0 saturated heterocycles. The van der Waals surface area contributed by atoms with Crippen molar-refractivity contribution in [2.45, 2.75) is 19.4 Å². The number of rotatable bonds is 4. The molecule has 0 fully saturated rings. The van der Waals surface area contributed by atoms with Crippen molar-refractivity contribution >= 4 is 27.3 Å². The van der Waals surface area contributed by atoms with Crippen molar-refractivity contribution in [3.8, 4) is 0 Å². The first kappa shape index (κ1) is 13.9. The fourth-order valence-electron chi connectivity index (χ4n) is 1.29. The number of likely N-dealkylation sites (N-methyl/N-ethyl adjacent to an activating group) is 1. The Morgan fingerprint density at radius 2 is 2.18 bits per heavy atom. The molecule has 0 radical (unpaired) electrons. The first-order chi connectivity index (χ1) is 7.81. The molecular formula is C10H14BrN3O3. The minimum atomic E-state index is -0.603. The van der Waals surface area contributed by atoms with Crippen LogP contribution < -0.4 is 4.90 Å². The molecule has 0 bridgehead atoms. The summed E-state index contributed by atoms with van der Waals surface area (Å²) in [4.78, 5) is 15.9. The second kappa shape index (κ2) is 4.97. The molecular weight excluding hydrogens is 290 g/mol. The maximum absolute atomic E-state index is 10.9. The van der Waals surface area contributed by atoms with Gasteiger partial charge in [-0.25, -0.2) is 0 Å². The number of aliphatic hydroxyl groups is 1. The molecule has 0 atom stereocenters. The van der Waals surface area contributed by atoms with Crippen LogP contribution in [0.1, 0.15) is 13.8 Å². The lowest BCUT2D eigenvalue weighted by molar-refractivity contribution is -0.384. The Morgan fingerprint density at radius 3 is 2.65 bits per heavy atom. The van der Waals surface area contributed by atoms with Crippen LogP contribution in [0.15, 0.2) is 16.9 Å². The topological polar surface area (TPSA) is 79.5 Å². The van der Waals surface area contributed by atoms with Gasteiger partial charge in [0, 0.05) is 13.2 Å². The lowest BCUT2D eigenvalue weighted by Gasteiger charge is -2.35. The van der Waals surface area contributed by atoms with E-state index in [-0.39, 0.29) is 12.3 Å². The average molecular weight is 304 g/mol. The van der Waals surface area contributed by atoms with E-state index in [9.17, 15) is 15.2 Å². The number of nitrogens with zero attached hydrogens (tertiary/aromatic N) is 3. The smallest absolute Gasteiger partial charge is 0.311 e. The van der Waals surface area contributed by atoms with Gasteiger partial charge in [0.25, 0.3) is 0 Å². The van der Waals surface area contributed by atoms with Crippen LogP contribution in [0.5, 0.6) is 0 Å². The number of aliphatic hydroxyl groups excluding tert-OH is 1. The highest BCUT2D eigenvalue weighted by atomic mass is 79.9. The standard InChI is InChI=1S/C10H14BrN3O3/c1-10(2,6-15)13(3)9-7(11)4-12-5-8(9)14(16)17/h4-5,15H,6H2,1-3H3. The molecule has 0 aromatic carbocycles. The van der Waals surface area contributed by atoms with Gasteiger partial charge in [0.15, 0.2) is 0 Å². The first-order valence-electron chi connectivity index (χ1n) is 4.94. The Balaban J connectivity index is 3.34. The SMILES string of the molecule is CN(c1c(Br)cncc1[N+](=O)[O-])C(C)(C)CO.